The van der Waals surface area contributed by atoms with Crippen molar-refractivity contribution in [3.05, 3.63) is 67.9 Å². The molecular formula is C15H12BrCl2F. The van der Waals surface area contributed by atoms with E-state index < -0.39 is 5.38 Å². The lowest BCUT2D eigenvalue weighted by Gasteiger charge is -2.15. The number of hydrogen-bond donors (Lipinski definition) is 0. The zero-order valence-corrected chi connectivity index (χ0v) is 13.6. The van der Waals surface area contributed by atoms with Crippen molar-refractivity contribution in [2.24, 2.45) is 0 Å². The van der Waals surface area contributed by atoms with Crippen LogP contribution in [0.5, 0.6) is 0 Å². The van der Waals surface area contributed by atoms with Crippen LogP contribution < -0.4 is 0 Å². The Bertz CT molecular complexity index is 606. The first-order valence-electron chi connectivity index (χ1n) is 5.75. The van der Waals surface area contributed by atoms with E-state index in [2.05, 4.69) is 15.9 Å². The molecule has 0 fully saturated rings. The SMILES string of the molecule is Cc1cc(C(Cl)c2cc(F)cc(Br)c2)c(C)cc1Cl. The van der Waals surface area contributed by atoms with Gasteiger partial charge in [-0.15, -0.1) is 11.6 Å². The first kappa shape index (κ1) is 14.8. The minimum Gasteiger partial charge on any atom is -0.207 e. The highest BCUT2D eigenvalue weighted by Gasteiger charge is 2.16. The van der Waals surface area contributed by atoms with Crippen LogP contribution >= 0.6 is 39.1 Å². The summed E-state index contributed by atoms with van der Waals surface area (Å²) in [7, 11) is 0. The first-order chi connectivity index (χ1) is 8.88. The molecule has 0 spiro atoms. The zero-order valence-electron chi connectivity index (χ0n) is 10.5. The number of aryl methyl sites for hydroxylation is 2. The zero-order chi connectivity index (χ0) is 14.2. The fourth-order valence-corrected chi connectivity index (χ4v) is 3.04. The van der Waals surface area contributed by atoms with Crippen LogP contribution in [-0.4, -0.2) is 0 Å². The van der Waals surface area contributed by atoms with Gasteiger partial charge in [0.2, 0.25) is 0 Å². The normalized spacial score (nSPS) is 12.5. The highest BCUT2D eigenvalue weighted by atomic mass is 79.9. The molecule has 4 heteroatoms. The van der Waals surface area contributed by atoms with Crippen LogP contribution in [0, 0.1) is 19.7 Å². The maximum absolute atomic E-state index is 13.4. The van der Waals surface area contributed by atoms with Gasteiger partial charge in [-0.05, 0) is 60.4 Å². The second-order valence-corrected chi connectivity index (χ2v) is 6.28. The summed E-state index contributed by atoms with van der Waals surface area (Å²) in [5.41, 5.74) is 3.62. The summed E-state index contributed by atoms with van der Waals surface area (Å²) >= 11 is 15.8. The first-order valence-corrected chi connectivity index (χ1v) is 7.36. The number of halogens is 4. The Hall–Kier alpha value is -0.570. The average molecular weight is 362 g/mol. The lowest BCUT2D eigenvalue weighted by atomic mass is 9.98. The monoisotopic (exact) mass is 360 g/mol. The molecule has 0 radical (unpaired) electrons. The average Bonchev–Trinajstić information content (AvgIpc) is 2.31. The molecule has 0 aliphatic carbocycles. The van der Waals surface area contributed by atoms with Crippen LogP contribution in [-0.2, 0) is 0 Å². The Morgan fingerprint density at radius 3 is 2.37 bits per heavy atom. The van der Waals surface area contributed by atoms with E-state index in [1.54, 1.807) is 0 Å². The smallest absolute Gasteiger partial charge is 0.124 e. The van der Waals surface area contributed by atoms with E-state index in [1.807, 2.05) is 32.0 Å². The van der Waals surface area contributed by atoms with E-state index in [4.69, 9.17) is 23.2 Å². The third-order valence-corrected chi connectivity index (χ3v) is 4.35. The lowest BCUT2D eigenvalue weighted by molar-refractivity contribution is 0.625. The lowest BCUT2D eigenvalue weighted by Crippen LogP contribution is -1.98. The van der Waals surface area contributed by atoms with E-state index in [9.17, 15) is 4.39 Å². The van der Waals surface area contributed by atoms with Crippen molar-refractivity contribution < 1.29 is 4.39 Å². The van der Waals surface area contributed by atoms with Crippen LogP contribution in [0.25, 0.3) is 0 Å². The minimum atomic E-state index is -0.400. The molecule has 0 bridgehead atoms. The van der Waals surface area contributed by atoms with Gasteiger partial charge in [-0.2, -0.15) is 0 Å². The van der Waals surface area contributed by atoms with Gasteiger partial charge in [0.1, 0.15) is 5.82 Å². The molecule has 0 heterocycles. The molecule has 0 saturated heterocycles. The number of rotatable bonds is 2. The van der Waals surface area contributed by atoms with E-state index in [0.29, 0.717) is 9.50 Å². The van der Waals surface area contributed by atoms with Crippen molar-refractivity contribution in [3.8, 4) is 0 Å². The van der Waals surface area contributed by atoms with Crippen LogP contribution in [0.2, 0.25) is 5.02 Å². The summed E-state index contributed by atoms with van der Waals surface area (Å²) in [4.78, 5) is 0. The predicted molar refractivity (Wildman–Crippen MR) is 82.7 cm³/mol. The Kier molecular flexibility index (Phi) is 4.54. The van der Waals surface area contributed by atoms with Crippen LogP contribution in [0.3, 0.4) is 0 Å². The molecule has 0 amide bonds. The molecule has 1 atom stereocenters. The predicted octanol–water partition coefficient (Wildman–Crippen LogP) is 6.19. The fourth-order valence-electron chi connectivity index (χ4n) is 1.98. The molecule has 0 saturated carbocycles. The van der Waals surface area contributed by atoms with Crippen LogP contribution in [0.15, 0.2) is 34.8 Å². The highest BCUT2D eigenvalue weighted by molar-refractivity contribution is 9.10. The highest BCUT2D eigenvalue weighted by Crippen LogP contribution is 2.35. The Morgan fingerprint density at radius 1 is 1.05 bits per heavy atom. The third-order valence-electron chi connectivity index (χ3n) is 3.00. The molecule has 0 aliphatic heterocycles. The van der Waals surface area contributed by atoms with Gasteiger partial charge in [-0.1, -0.05) is 33.6 Å². The van der Waals surface area contributed by atoms with E-state index in [0.717, 1.165) is 22.3 Å². The molecule has 0 nitrogen and oxygen atoms in total. The Morgan fingerprint density at radius 2 is 1.74 bits per heavy atom. The molecule has 2 aromatic rings. The Labute approximate surface area is 130 Å². The Balaban J connectivity index is 2.49. The summed E-state index contributed by atoms with van der Waals surface area (Å²) in [6.45, 7) is 3.88. The van der Waals surface area contributed by atoms with Gasteiger partial charge < -0.3 is 0 Å². The van der Waals surface area contributed by atoms with Crippen molar-refractivity contribution >= 4 is 39.1 Å². The van der Waals surface area contributed by atoms with Gasteiger partial charge in [0.05, 0.1) is 5.38 Å². The van der Waals surface area contributed by atoms with Gasteiger partial charge in [-0.25, -0.2) is 4.39 Å². The van der Waals surface area contributed by atoms with Crippen molar-refractivity contribution in [2.75, 3.05) is 0 Å². The van der Waals surface area contributed by atoms with Crippen molar-refractivity contribution in [1.29, 1.82) is 0 Å². The topological polar surface area (TPSA) is 0 Å². The van der Waals surface area contributed by atoms with Gasteiger partial charge in [0, 0.05) is 9.50 Å². The van der Waals surface area contributed by atoms with Crippen LogP contribution in [0.4, 0.5) is 4.39 Å². The standard InChI is InChI=1S/C15H12BrCl2F/c1-8-4-14(17)9(2)3-13(8)15(18)10-5-11(16)7-12(19)6-10/h3-7,15H,1-2H3. The van der Waals surface area contributed by atoms with Gasteiger partial charge in [0.25, 0.3) is 0 Å². The molecule has 100 valence electrons. The number of benzene rings is 2. The summed E-state index contributed by atoms with van der Waals surface area (Å²) in [5, 5.41) is 0.313. The summed E-state index contributed by atoms with van der Waals surface area (Å²) in [6, 6.07) is 8.52. The minimum absolute atomic E-state index is 0.307. The molecule has 0 N–H and O–H groups in total. The maximum atomic E-state index is 13.4. The second kappa shape index (κ2) is 5.82. The van der Waals surface area contributed by atoms with Gasteiger partial charge in [-0.3, -0.25) is 0 Å². The second-order valence-electron chi connectivity index (χ2n) is 4.52. The van der Waals surface area contributed by atoms with Crippen molar-refractivity contribution in [1.82, 2.24) is 0 Å². The number of alkyl halides is 1. The fraction of sp³-hybridized carbons (Fsp3) is 0.200. The van der Waals surface area contributed by atoms with Gasteiger partial charge >= 0.3 is 0 Å². The molecule has 0 aromatic heterocycles. The quantitative estimate of drug-likeness (QED) is 0.559. The van der Waals surface area contributed by atoms with E-state index in [-0.39, 0.29) is 5.82 Å². The molecule has 19 heavy (non-hydrogen) atoms. The summed E-state index contributed by atoms with van der Waals surface area (Å²) in [5.74, 6) is -0.307. The van der Waals surface area contributed by atoms with E-state index >= 15 is 0 Å². The molecular weight excluding hydrogens is 350 g/mol. The molecule has 2 aromatic carbocycles. The maximum Gasteiger partial charge on any atom is 0.124 e. The van der Waals surface area contributed by atoms with Crippen molar-refractivity contribution in [2.45, 2.75) is 19.2 Å². The molecule has 0 aliphatic rings. The number of hydrogen-bond acceptors (Lipinski definition) is 0. The largest absolute Gasteiger partial charge is 0.207 e. The van der Waals surface area contributed by atoms with E-state index in [1.165, 1.54) is 12.1 Å². The summed E-state index contributed by atoms with van der Waals surface area (Å²) < 4.78 is 14.1. The summed E-state index contributed by atoms with van der Waals surface area (Å²) in [6.07, 6.45) is 0. The van der Waals surface area contributed by atoms with Crippen molar-refractivity contribution in [3.63, 3.8) is 0 Å². The molecule has 1 unspecified atom stereocenters. The van der Waals surface area contributed by atoms with Gasteiger partial charge in [0.15, 0.2) is 0 Å². The third kappa shape index (κ3) is 3.31. The molecule has 2 rings (SSSR count). The van der Waals surface area contributed by atoms with Crippen LogP contribution in [0.1, 0.15) is 27.6 Å².